The summed E-state index contributed by atoms with van der Waals surface area (Å²) in [7, 11) is 0. The van der Waals surface area contributed by atoms with Crippen molar-refractivity contribution in [2.45, 2.75) is 42.2 Å². The Hall–Kier alpha value is -3.94. The fourth-order valence-corrected chi connectivity index (χ4v) is 6.99. The van der Waals surface area contributed by atoms with Gasteiger partial charge in [0.2, 0.25) is 11.8 Å². The quantitative estimate of drug-likeness (QED) is 0.181. The van der Waals surface area contributed by atoms with Crippen LogP contribution in [-0.4, -0.2) is 16.8 Å². The first-order chi connectivity index (χ1) is 20.1. The van der Waals surface area contributed by atoms with Gasteiger partial charge in [0, 0.05) is 27.4 Å². The molecule has 5 nitrogen and oxygen atoms in total. The van der Waals surface area contributed by atoms with E-state index in [1.165, 1.54) is 34.9 Å². The molecule has 1 heterocycles. The second-order valence-electron chi connectivity index (χ2n) is 10.3. The van der Waals surface area contributed by atoms with E-state index in [0.29, 0.717) is 5.13 Å². The highest BCUT2D eigenvalue weighted by molar-refractivity contribution is 8.00. The van der Waals surface area contributed by atoms with E-state index in [-0.39, 0.29) is 17.7 Å². The minimum atomic E-state index is -0.466. The first-order valence-corrected chi connectivity index (χ1v) is 15.8. The highest BCUT2D eigenvalue weighted by Crippen LogP contribution is 2.37. The average molecular weight is 578 g/mol. The maximum absolute atomic E-state index is 13.6. The molecule has 0 saturated heterocycles. The predicted octanol–water partition coefficient (Wildman–Crippen LogP) is 8.95. The average Bonchev–Trinajstić information content (AvgIpc) is 3.49. The van der Waals surface area contributed by atoms with Crippen LogP contribution >= 0.6 is 23.1 Å². The number of amides is 2. The van der Waals surface area contributed by atoms with Gasteiger partial charge in [-0.15, -0.1) is 23.1 Å². The monoisotopic (exact) mass is 577 g/mol. The Balaban J connectivity index is 1.15. The number of nitrogens with zero attached hydrogens (tertiary/aromatic N) is 1. The number of hydrogen-bond acceptors (Lipinski definition) is 5. The van der Waals surface area contributed by atoms with Crippen LogP contribution in [0.3, 0.4) is 0 Å². The van der Waals surface area contributed by atoms with Gasteiger partial charge in [0.05, 0.1) is 5.69 Å². The van der Waals surface area contributed by atoms with Crippen LogP contribution in [0, 0.1) is 5.92 Å². The third-order valence-electron chi connectivity index (χ3n) is 7.47. The molecule has 1 aliphatic carbocycles. The molecule has 7 heteroatoms. The van der Waals surface area contributed by atoms with Crippen LogP contribution in [0.1, 0.15) is 42.9 Å². The second kappa shape index (κ2) is 12.7. The molecule has 1 aromatic heterocycles. The molecule has 0 aliphatic heterocycles. The maximum Gasteiger partial charge on any atom is 0.244 e. The number of fused-ring (bicyclic) bond motifs is 1. The largest absolute Gasteiger partial charge is 0.326 e. The third-order valence-corrected chi connectivity index (χ3v) is 9.50. The van der Waals surface area contributed by atoms with Crippen molar-refractivity contribution < 1.29 is 9.59 Å². The van der Waals surface area contributed by atoms with Gasteiger partial charge in [-0.3, -0.25) is 9.59 Å². The number of carbonyl (C=O) groups excluding carboxylic acids is 2. The lowest BCUT2D eigenvalue weighted by atomic mass is 9.88. The van der Waals surface area contributed by atoms with E-state index in [2.05, 4.69) is 41.0 Å². The molecule has 6 rings (SSSR count). The van der Waals surface area contributed by atoms with Crippen molar-refractivity contribution in [1.29, 1.82) is 0 Å². The molecule has 4 aromatic carbocycles. The van der Waals surface area contributed by atoms with Gasteiger partial charge in [0.25, 0.3) is 0 Å². The molecule has 5 aromatic rings. The van der Waals surface area contributed by atoms with E-state index in [9.17, 15) is 9.59 Å². The summed E-state index contributed by atoms with van der Waals surface area (Å²) < 4.78 is 0. The molecule has 0 radical (unpaired) electrons. The van der Waals surface area contributed by atoms with Crippen LogP contribution in [0.5, 0.6) is 0 Å². The lowest BCUT2D eigenvalue weighted by Gasteiger charge is -2.21. The number of hydrogen-bond donors (Lipinski definition) is 2. The molecule has 41 heavy (non-hydrogen) atoms. The Morgan fingerprint density at radius 2 is 1.54 bits per heavy atom. The molecule has 2 N–H and O–H groups in total. The highest BCUT2D eigenvalue weighted by atomic mass is 32.2. The summed E-state index contributed by atoms with van der Waals surface area (Å²) in [5, 5.41) is 10.5. The van der Waals surface area contributed by atoms with Crippen molar-refractivity contribution in [3.05, 3.63) is 108 Å². The first-order valence-electron chi connectivity index (χ1n) is 14.0. The number of benzene rings is 4. The zero-order valence-electron chi connectivity index (χ0n) is 22.6. The lowest BCUT2D eigenvalue weighted by molar-refractivity contribution is -0.120. The van der Waals surface area contributed by atoms with Crippen molar-refractivity contribution in [2.75, 3.05) is 10.6 Å². The highest BCUT2D eigenvalue weighted by Gasteiger charge is 2.24. The van der Waals surface area contributed by atoms with Gasteiger partial charge in [0.15, 0.2) is 5.13 Å². The molecule has 1 unspecified atom stereocenters. The Kier molecular flexibility index (Phi) is 8.44. The minimum absolute atomic E-state index is 0.108. The number of nitrogens with one attached hydrogen (secondary N) is 2. The Labute approximate surface area is 248 Å². The van der Waals surface area contributed by atoms with E-state index < -0.39 is 5.25 Å². The van der Waals surface area contributed by atoms with Gasteiger partial charge in [-0.2, -0.15) is 0 Å². The van der Waals surface area contributed by atoms with Crippen LogP contribution < -0.4 is 10.6 Å². The normalized spacial score (nSPS) is 14.4. The van der Waals surface area contributed by atoms with Crippen molar-refractivity contribution in [2.24, 2.45) is 5.92 Å². The minimum Gasteiger partial charge on any atom is -0.326 e. The fourth-order valence-electron chi connectivity index (χ4n) is 5.25. The van der Waals surface area contributed by atoms with Gasteiger partial charge in [-0.25, -0.2) is 4.98 Å². The number of anilines is 2. The number of rotatable bonds is 8. The van der Waals surface area contributed by atoms with Crippen LogP contribution in [-0.2, 0) is 9.59 Å². The van der Waals surface area contributed by atoms with E-state index in [4.69, 9.17) is 4.98 Å². The lowest BCUT2D eigenvalue weighted by Crippen LogP contribution is -2.24. The number of thiazole rings is 1. The Morgan fingerprint density at radius 1 is 0.805 bits per heavy atom. The van der Waals surface area contributed by atoms with Gasteiger partial charge >= 0.3 is 0 Å². The van der Waals surface area contributed by atoms with Crippen LogP contribution in [0.25, 0.3) is 22.0 Å². The molecule has 0 spiro atoms. The van der Waals surface area contributed by atoms with Crippen molar-refractivity contribution in [3.63, 3.8) is 0 Å². The summed E-state index contributed by atoms with van der Waals surface area (Å²) in [6.45, 7) is 0. The zero-order chi connectivity index (χ0) is 28.0. The van der Waals surface area contributed by atoms with Crippen LogP contribution in [0.15, 0.2) is 107 Å². The zero-order valence-corrected chi connectivity index (χ0v) is 24.2. The summed E-state index contributed by atoms with van der Waals surface area (Å²) in [6, 6.07) is 32.1. The summed E-state index contributed by atoms with van der Waals surface area (Å²) in [4.78, 5) is 31.9. The number of thioether (sulfide) groups is 1. The van der Waals surface area contributed by atoms with Crippen LogP contribution in [0.2, 0.25) is 0 Å². The van der Waals surface area contributed by atoms with E-state index in [1.807, 2.05) is 72.1 Å². The molecule has 1 atom stereocenters. The van der Waals surface area contributed by atoms with Crippen LogP contribution in [0.4, 0.5) is 10.8 Å². The molecular weight excluding hydrogens is 547 g/mol. The molecule has 1 aliphatic rings. The molecule has 1 fully saturated rings. The summed E-state index contributed by atoms with van der Waals surface area (Å²) >= 11 is 2.91. The van der Waals surface area contributed by atoms with E-state index in [0.717, 1.165) is 58.5 Å². The standard InChI is InChI=1S/C34H31N3O2S2/c38-32(25-12-5-2-6-13-25)35-28-17-19-29(20-18-28)41-31(24-10-3-1-4-11-24)33(39)37-34-36-30(22-40-34)27-16-15-23-9-7-8-14-26(23)21-27/h1,3-4,7-11,14-22,25,31H,2,5-6,12-13H2,(H,35,38)(H,36,37,39). The predicted molar refractivity (Wildman–Crippen MR) is 170 cm³/mol. The van der Waals surface area contributed by atoms with Gasteiger partial charge in [0.1, 0.15) is 5.25 Å². The SMILES string of the molecule is O=C(Nc1ccc(SC(C(=O)Nc2nc(-c3ccc4ccccc4c3)cs2)c2ccccc2)cc1)C1CCCCC1. The molecule has 0 bridgehead atoms. The Bertz CT molecular complexity index is 1640. The van der Waals surface area contributed by atoms with Gasteiger partial charge in [-0.1, -0.05) is 86.0 Å². The molecule has 2 amide bonds. The van der Waals surface area contributed by atoms with Gasteiger partial charge < -0.3 is 10.6 Å². The fraction of sp³-hybridized carbons (Fsp3) is 0.206. The number of carbonyl (C=O) groups is 2. The van der Waals surface area contributed by atoms with Crippen molar-refractivity contribution >= 4 is 56.5 Å². The second-order valence-corrected chi connectivity index (χ2v) is 12.4. The molecule has 206 valence electrons. The van der Waals surface area contributed by atoms with Crippen molar-refractivity contribution in [1.82, 2.24) is 4.98 Å². The van der Waals surface area contributed by atoms with E-state index in [1.54, 1.807) is 0 Å². The van der Waals surface area contributed by atoms with Gasteiger partial charge in [-0.05, 0) is 59.5 Å². The smallest absolute Gasteiger partial charge is 0.244 e. The first kappa shape index (κ1) is 27.2. The topological polar surface area (TPSA) is 71.1 Å². The van der Waals surface area contributed by atoms with E-state index >= 15 is 0 Å². The number of aromatic nitrogens is 1. The molecular formula is C34H31N3O2S2. The summed E-state index contributed by atoms with van der Waals surface area (Å²) in [5.74, 6) is 0.0880. The summed E-state index contributed by atoms with van der Waals surface area (Å²) in [5.41, 5.74) is 3.56. The maximum atomic E-state index is 13.6. The van der Waals surface area contributed by atoms with Crippen molar-refractivity contribution in [3.8, 4) is 11.3 Å². The summed E-state index contributed by atoms with van der Waals surface area (Å²) in [6.07, 6.45) is 5.41. The molecule has 1 saturated carbocycles. The third kappa shape index (κ3) is 6.69. The Morgan fingerprint density at radius 3 is 2.32 bits per heavy atom.